The van der Waals surface area contributed by atoms with Gasteiger partial charge in [0.15, 0.2) is 0 Å². The second kappa shape index (κ2) is 6.31. The molecule has 2 aromatic rings. The monoisotopic (exact) mass is 283 g/mol. The van der Waals surface area contributed by atoms with Gasteiger partial charge in [0.25, 0.3) is 0 Å². The summed E-state index contributed by atoms with van der Waals surface area (Å²) in [7, 11) is 7.97. The molecule has 0 aliphatic heterocycles. The van der Waals surface area contributed by atoms with Crippen LogP contribution in [0.2, 0.25) is 0 Å². The summed E-state index contributed by atoms with van der Waals surface area (Å²) in [5, 5.41) is 0. The SMILES string of the molecule is CN(C)c1ccc(N(C=O)c2ccc(N(C)C)cc2)cc1. The first-order valence-electron chi connectivity index (χ1n) is 6.82. The summed E-state index contributed by atoms with van der Waals surface area (Å²) < 4.78 is 0. The third-order valence-electron chi connectivity index (χ3n) is 3.39. The van der Waals surface area contributed by atoms with Crippen molar-refractivity contribution in [2.24, 2.45) is 0 Å². The van der Waals surface area contributed by atoms with Crippen LogP contribution in [0.1, 0.15) is 0 Å². The summed E-state index contributed by atoms with van der Waals surface area (Å²) in [6.07, 6.45) is 0.843. The van der Waals surface area contributed by atoms with Crippen molar-refractivity contribution in [3.63, 3.8) is 0 Å². The van der Waals surface area contributed by atoms with Gasteiger partial charge in [0.05, 0.1) is 0 Å². The maximum Gasteiger partial charge on any atom is 0.218 e. The normalized spacial score (nSPS) is 10.1. The first kappa shape index (κ1) is 14.9. The molecule has 0 heterocycles. The molecule has 0 atom stereocenters. The molecule has 21 heavy (non-hydrogen) atoms. The van der Waals surface area contributed by atoms with E-state index in [-0.39, 0.29) is 0 Å². The average molecular weight is 283 g/mol. The van der Waals surface area contributed by atoms with Gasteiger partial charge >= 0.3 is 0 Å². The lowest BCUT2D eigenvalue weighted by molar-refractivity contribution is -0.106. The Hall–Kier alpha value is -2.49. The van der Waals surface area contributed by atoms with E-state index in [0.29, 0.717) is 0 Å². The third kappa shape index (κ3) is 3.34. The number of amides is 1. The minimum absolute atomic E-state index is 0.843. The van der Waals surface area contributed by atoms with Gasteiger partial charge in [0.2, 0.25) is 6.41 Å². The molecule has 0 fully saturated rings. The maximum atomic E-state index is 11.4. The summed E-state index contributed by atoms with van der Waals surface area (Å²) in [6, 6.07) is 15.8. The summed E-state index contributed by atoms with van der Waals surface area (Å²) in [5.41, 5.74) is 3.92. The highest BCUT2D eigenvalue weighted by atomic mass is 16.1. The molecular weight excluding hydrogens is 262 g/mol. The Morgan fingerprint density at radius 2 is 0.905 bits per heavy atom. The van der Waals surface area contributed by atoms with E-state index in [2.05, 4.69) is 0 Å². The van der Waals surface area contributed by atoms with Gasteiger partial charge in [-0.05, 0) is 48.5 Å². The van der Waals surface area contributed by atoms with Crippen LogP contribution in [0.3, 0.4) is 0 Å². The fourth-order valence-electron chi connectivity index (χ4n) is 2.09. The number of anilines is 4. The Morgan fingerprint density at radius 3 is 1.14 bits per heavy atom. The van der Waals surface area contributed by atoms with Gasteiger partial charge in [-0.3, -0.25) is 9.69 Å². The predicted octanol–water partition coefficient (Wildman–Crippen LogP) is 3.11. The van der Waals surface area contributed by atoms with Gasteiger partial charge in [0, 0.05) is 50.9 Å². The molecule has 110 valence electrons. The minimum atomic E-state index is 0.843. The van der Waals surface area contributed by atoms with Crippen LogP contribution in [-0.4, -0.2) is 34.6 Å². The van der Waals surface area contributed by atoms with E-state index in [0.717, 1.165) is 29.2 Å². The molecule has 0 aromatic heterocycles. The van der Waals surface area contributed by atoms with E-state index in [4.69, 9.17) is 0 Å². The zero-order valence-electron chi connectivity index (χ0n) is 12.9. The largest absolute Gasteiger partial charge is 0.378 e. The van der Waals surface area contributed by atoms with Crippen molar-refractivity contribution in [2.45, 2.75) is 0 Å². The molecule has 2 aromatic carbocycles. The summed E-state index contributed by atoms with van der Waals surface area (Å²) in [6.45, 7) is 0. The van der Waals surface area contributed by atoms with Crippen molar-refractivity contribution in [2.75, 3.05) is 42.9 Å². The van der Waals surface area contributed by atoms with Gasteiger partial charge in [-0.1, -0.05) is 0 Å². The van der Waals surface area contributed by atoms with Gasteiger partial charge in [-0.15, -0.1) is 0 Å². The van der Waals surface area contributed by atoms with E-state index in [1.807, 2.05) is 86.5 Å². The second-order valence-electron chi connectivity index (χ2n) is 5.30. The van der Waals surface area contributed by atoms with Gasteiger partial charge in [-0.2, -0.15) is 0 Å². The molecule has 0 saturated carbocycles. The number of carbonyl (C=O) groups is 1. The molecule has 0 aliphatic rings. The van der Waals surface area contributed by atoms with E-state index >= 15 is 0 Å². The fraction of sp³-hybridized carbons (Fsp3) is 0.235. The molecule has 0 spiro atoms. The number of hydrogen-bond donors (Lipinski definition) is 0. The lowest BCUT2D eigenvalue weighted by atomic mass is 10.2. The first-order valence-corrected chi connectivity index (χ1v) is 6.82. The Morgan fingerprint density at radius 1 is 0.619 bits per heavy atom. The quantitative estimate of drug-likeness (QED) is 0.789. The molecule has 0 aliphatic carbocycles. The highest BCUT2D eigenvalue weighted by Gasteiger charge is 2.08. The molecule has 0 radical (unpaired) electrons. The lowest BCUT2D eigenvalue weighted by Gasteiger charge is -2.20. The van der Waals surface area contributed by atoms with Crippen LogP contribution < -0.4 is 14.7 Å². The van der Waals surface area contributed by atoms with E-state index < -0.39 is 0 Å². The lowest BCUT2D eigenvalue weighted by Crippen LogP contribution is -2.15. The van der Waals surface area contributed by atoms with Gasteiger partial charge in [-0.25, -0.2) is 0 Å². The van der Waals surface area contributed by atoms with Crippen molar-refractivity contribution in [1.29, 1.82) is 0 Å². The molecule has 1 amide bonds. The van der Waals surface area contributed by atoms with Gasteiger partial charge < -0.3 is 9.80 Å². The van der Waals surface area contributed by atoms with Crippen LogP contribution in [0.25, 0.3) is 0 Å². The van der Waals surface area contributed by atoms with Crippen molar-refractivity contribution < 1.29 is 4.79 Å². The summed E-state index contributed by atoms with van der Waals surface area (Å²) in [5.74, 6) is 0. The van der Waals surface area contributed by atoms with Crippen LogP contribution >= 0.6 is 0 Å². The Bertz CT molecular complexity index is 537. The summed E-state index contributed by atoms with van der Waals surface area (Å²) >= 11 is 0. The maximum absolute atomic E-state index is 11.4. The number of carbonyl (C=O) groups excluding carboxylic acids is 1. The molecule has 0 bridgehead atoms. The van der Waals surface area contributed by atoms with Crippen LogP contribution in [0.5, 0.6) is 0 Å². The standard InChI is InChI=1S/C17H21N3O/c1-18(2)14-5-9-16(10-6-14)20(13-21)17-11-7-15(8-12-17)19(3)4/h5-13H,1-4H3. The predicted molar refractivity (Wildman–Crippen MR) is 89.7 cm³/mol. The Labute approximate surface area is 126 Å². The van der Waals surface area contributed by atoms with Crippen LogP contribution in [0.4, 0.5) is 22.7 Å². The van der Waals surface area contributed by atoms with E-state index in [9.17, 15) is 4.79 Å². The zero-order chi connectivity index (χ0) is 15.4. The molecular formula is C17H21N3O. The zero-order valence-corrected chi connectivity index (χ0v) is 12.9. The number of rotatable bonds is 5. The highest BCUT2D eigenvalue weighted by Crippen LogP contribution is 2.27. The average Bonchev–Trinajstić information content (AvgIpc) is 2.49. The smallest absolute Gasteiger partial charge is 0.218 e. The van der Waals surface area contributed by atoms with Crippen LogP contribution in [-0.2, 0) is 4.79 Å². The summed E-state index contributed by atoms with van der Waals surface area (Å²) in [4.78, 5) is 17.1. The van der Waals surface area contributed by atoms with Crippen LogP contribution in [0, 0.1) is 0 Å². The van der Waals surface area contributed by atoms with E-state index in [1.165, 1.54) is 0 Å². The van der Waals surface area contributed by atoms with E-state index in [1.54, 1.807) is 4.90 Å². The molecule has 0 unspecified atom stereocenters. The molecule has 2 rings (SSSR count). The fourth-order valence-corrected chi connectivity index (χ4v) is 2.09. The number of benzene rings is 2. The minimum Gasteiger partial charge on any atom is -0.378 e. The molecule has 4 heteroatoms. The third-order valence-corrected chi connectivity index (χ3v) is 3.39. The Balaban J connectivity index is 2.28. The molecule has 4 nitrogen and oxygen atoms in total. The van der Waals surface area contributed by atoms with Crippen molar-refractivity contribution in [3.05, 3.63) is 48.5 Å². The Kier molecular flexibility index (Phi) is 4.48. The first-order chi connectivity index (χ1) is 10.0. The highest BCUT2D eigenvalue weighted by molar-refractivity contribution is 5.87. The number of nitrogens with zero attached hydrogens (tertiary/aromatic N) is 3. The number of hydrogen-bond acceptors (Lipinski definition) is 3. The van der Waals surface area contributed by atoms with Crippen molar-refractivity contribution in [3.8, 4) is 0 Å². The van der Waals surface area contributed by atoms with Crippen molar-refractivity contribution in [1.82, 2.24) is 0 Å². The molecule has 0 saturated heterocycles. The second-order valence-corrected chi connectivity index (χ2v) is 5.30. The van der Waals surface area contributed by atoms with Crippen molar-refractivity contribution >= 4 is 29.2 Å². The van der Waals surface area contributed by atoms with Gasteiger partial charge in [0.1, 0.15) is 0 Å². The molecule has 0 N–H and O–H groups in total. The van der Waals surface area contributed by atoms with Crippen LogP contribution in [0.15, 0.2) is 48.5 Å². The topological polar surface area (TPSA) is 26.8 Å².